The third kappa shape index (κ3) is 3.34. The molecule has 132 valence electrons. The monoisotopic (exact) mass is 361 g/mol. The summed E-state index contributed by atoms with van der Waals surface area (Å²) in [5.41, 5.74) is 1.03. The van der Waals surface area contributed by atoms with Crippen molar-refractivity contribution in [1.29, 1.82) is 0 Å². The van der Waals surface area contributed by atoms with Gasteiger partial charge in [-0.15, -0.1) is 0 Å². The van der Waals surface area contributed by atoms with E-state index in [1.165, 1.54) is 11.8 Å². The van der Waals surface area contributed by atoms with E-state index in [1.54, 1.807) is 26.4 Å². The molecule has 2 N–H and O–H groups in total. The number of carbonyl (C=O) groups excluding carboxylic acids is 1. The Hall–Kier alpha value is -2.48. The number of thioether (sulfide) groups is 1. The molecule has 1 aromatic carbocycles. The molecule has 7 nitrogen and oxygen atoms in total. The fourth-order valence-corrected chi connectivity index (χ4v) is 3.50. The molecule has 0 saturated heterocycles. The van der Waals surface area contributed by atoms with Crippen molar-refractivity contribution in [3.8, 4) is 11.5 Å². The number of carbonyl (C=O) groups is 1. The molecule has 2 heterocycles. The second-order valence-corrected chi connectivity index (χ2v) is 6.74. The van der Waals surface area contributed by atoms with E-state index in [1.807, 2.05) is 13.0 Å². The molecule has 0 saturated carbocycles. The molecule has 3 rings (SSSR count). The summed E-state index contributed by atoms with van der Waals surface area (Å²) >= 11 is 1.42. The highest BCUT2D eigenvalue weighted by Gasteiger charge is 2.31. The van der Waals surface area contributed by atoms with Gasteiger partial charge in [-0.05, 0) is 23.4 Å². The minimum Gasteiger partial charge on any atom is -0.493 e. The van der Waals surface area contributed by atoms with E-state index in [-0.39, 0.29) is 23.8 Å². The van der Waals surface area contributed by atoms with Gasteiger partial charge in [0.25, 0.3) is 5.56 Å². The predicted octanol–water partition coefficient (Wildman–Crippen LogP) is 2.37. The van der Waals surface area contributed by atoms with Crippen LogP contribution in [0.5, 0.6) is 11.5 Å². The van der Waals surface area contributed by atoms with Gasteiger partial charge in [0, 0.05) is 12.3 Å². The zero-order valence-corrected chi connectivity index (χ0v) is 15.0. The van der Waals surface area contributed by atoms with Crippen LogP contribution >= 0.6 is 11.8 Å². The van der Waals surface area contributed by atoms with Crippen LogP contribution in [0, 0.1) is 0 Å². The molecule has 0 aliphatic carbocycles. The standard InChI is InChI=1S/C17H19N3O4S/c1-4-25-17-19-15-14(16(22)20-17)10(8-13(21)18-15)9-5-6-11(23-2)12(7-9)24-3/h5-7,10H,4,8H2,1-3H3,(H2,18,19,20,21,22)/t10-/m1/s1. The summed E-state index contributed by atoms with van der Waals surface area (Å²) in [4.78, 5) is 31.9. The lowest BCUT2D eigenvalue weighted by molar-refractivity contribution is -0.116. The molecular weight excluding hydrogens is 342 g/mol. The first-order valence-corrected chi connectivity index (χ1v) is 8.84. The maximum Gasteiger partial charge on any atom is 0.257 e. The molecule has 0 spiro atoms. The minimum absolute atomic E-state index is 0.169. The number of ether oxygens (including phenoxy) is 2. The van der Waals surface area contributed by atoms with Crippen LogP contribution in [-0.4, -0.2) is 35.8 Å². The number of nitrogens with one attached hydrogen (secondary N) is 2. The van der Waals surface area contributed by atoms with Crippen LogP contribution in [0.3, 0.4) is 0 Å². The van der Waals surface area contributed by atoms with Gasteiger partial charge >= 0.3 is 0 Å². The van der Waals surface area contributed by atoms with Gasteiger partial charge in [-0.1, -0.05) is 24.8 Å². The lowest BCUT2D eigenvalue weighted by Gasteiger charge is -2.25. The third-order valence-electron chi connectivity index (χ3n) is 4.02. The van der Waals surface area contributed by atoms with Gasteiger partial charge in [0.1, 0.15) is 5.82 Å². The fraction of sp³-hybridized carbons (Fsp3) is 0.353. The van der Waals surface area contributed by atoms with Gasteiger partial charge in [-0.25, -0.2) is 4.98 Å². The molecule has 8 heteroatoms. The van der Waals surface area contributed by atoms with Crippen molar-refractivity contribution in [1.82, 2.24) is 9.97 Å². The summed E-state index contributed by atoms with van der Waals surface area (Å²) in [6, 6.07) is 5.39. The number of rotatable bonds is 5. The van der Waals surface area contributed by atoms with E-state index in [4.69, 9.17) is 9.47 Å². The number of aromatic nitrogens is 2. The Kier molecular flexibility index (Phi) is 4.98. The van der Waals surface area contributed by atoms with Crippen LogP contribution in [0.15, 0.2) is 28.2 Å². The second kappa shape index (κ2) is 7.18. The van der Waals surface area contributed by atoms with Crippen molar-refractivity contribution in [2.45, 2.75) is 24.4 Å². The van der Waals surface area contributed by atoms with Crippen LogP contribution in [0.25, 0.3) is 0 Å². The summed E-state index contributed by atoms with van der Waals surface area (Å²) in [5, 5.41) is 3.21. The number of fused-ring (bicyclic) bond motifs is 1. The molecule has 1 atom stereocenters. The molecule has 25 heavy (non-hydrogen) atoms. The number of hydrogen-bond donors (Lipinski definition) is 2. The topological polar surface area (TPSA) is 93.3 Å². The Morgan fingerprint density at radius 1 is 1.24 bits per heavy atom. The van der Waals surface area contributed by atoms with E-state index < -0.39 is 0 Å². The number of anilines is 1. The van der Waals surface area contributed by atoms with Gasteiger partial charge in [0.2, 0.25) is 5.91 Å². The zero-order chi connectivity index (χ0) is 18.0. The summed E-state index contributed by atoms with van der Waals surface area (Å²) in [7, 11) is 3.11. The minimum atomic E-state index is -0.388. The van der Waals surface area contributed by atoms with Crippen molar-refractivity contribution in [3.05, 3.63) is 39.7 Å². The fourth-order valence-electron chi connectivity index (χ4n) is 2.91. The van der Waals surface area contributed by atoms with Crippen LogP contribution in [0.2, 0.25) is 0 Å². The van der Waals surface area contributed by atoms with E-state index in [9.17, 15) is 9.59 Å². The highest BCUT2D eigenvalue weighted by atomic mass is 32.2. The maximum atomic E-state index is 12.6. The van der Waals surface area contributed by atoms with E-state index in [0.29, 0.717) is 28.0 Å². The molecule has 1 aliphatic rings. The normalized spacial score (nSPS) is 16.1. The average molecular weight is 361 g/mol. The highest BCUT2D eigenvalue weighted by Crippen LogP contribution is 2.38. The number of nitrogens with zero attached hydrogens (tertiary/aromatic N) is 1. The first-order valence-electron chi connectivity index (χ1n) is 7.86. The largest absolute Gasteiger partial charge is 0.493 e. The lowest BCUT2D eigenvalue weighted by atomic mass is 9.86. The van der Waals surface area contributed by atoms with Gasteiger partial charge < -0.3 is 19.8 Å². The molecule has 2 aromatic rings. The Labute approximate surface area is 149 Å². The number of hydrogen-bond acceptors (Lipinski definition) is 6. The quantitative estimate of drug-likeness (QED) is 0.627. The van der Waals surface area contributed by atoms with Crippen LogP contribution < -0.4 is 20.3 Å². The number of benzene rings is 1. The molecule has 1 amide bonds. The number of H-pyrrole nitrogens is 1. The van der Waals surface area contributed by atoms with Gasteiger partial charge in [-0.2, -0.15) is 0 Å². The Balaban J connectivity index is 2.11. The Morgan fingerprint density at radius 3 is 2.68 bits per heavy atom. The first kappa shape index (κ1) is 17.3. The smallest absolute Gasteiger partial charge is 0.257 e. The highest BCUT2D eigenvalue weighted by molar-refractivity contribution is 7.99. The molecule has 0 unspecified atom stereocenters. The summed E-state index contributed by atoms with van der Waals surface area (Å²) in [5.74, 6) is 1.69. The average Bonchev–Trinajstić information content (AvgIpc) is 2.60. The van der Waals surface area contributed by atoms with Crippen molar-refractivity contribution in [3.63, 3.8) is 0 Å². The molecule has 1 aromatic heterocycles. The SMILES string of the molecule is CCSc1nc2c(c(=O)[nH]1)[C@@H](c1ccc(OC)c(OC)c1)CC(=O)N2. The summed E-state index contributed by atoms with van der Waals surface area (Å²) < 4.78 is 10.6. The zero-order valence-electron chi connectivity index (χ0n) is 14.2. The molecule has 1 aliphatic heterocycles. The number of aromatic amines is 1. The van der Waals surface area contributed by atoms with Crippen molar-refractivity contribution < 1.29 is 14.3 Å². The maximum absolute atomic E-state index is 12.6. The van der Waals surface area contributed by atoms with Gasteiger partial charge in [-0.3, -0.25) is 9.59 Å². The van der Waals surface area contributed by atoms with E-state index >= 15 is 0 Å². The second-order valence-electron chi connectivity index (χ2n) is 5.49. The molecule has 0 radical (unpaired) electrons. The molecular formula is C17H19N3O4S. The van der Waals surface area contributed by atoms with Crippen LogP contribution in [-0.2, 0) is 4.79 Å². The summed E-state index contributed by atoms with van der Waals surface area (Å²) in [6.07, 6.45) is 0.174. The van der Waals surface area contributed by atoms with Crippen molar-refractivity contribution >= 4 is 23.5 Å². The van der Waals surface area contributed by atoms with Gasteiger partial charge in [0.05, 0.1) is 19.8 Å². The van der Waals surface area contributed by atoms with Gasteiger partial charge in [0.15, 0.2) is 16.7 Å². The summed E-state index contributed by atoms with van der Waals surface area (Å²) in [6.45, 7) is 1.97. The first-order chi connectivity index (χ1) is 12.1. The van der Waals surface area contributed by atoms with Crippen molar-refractivity contribution in [2.24, 2.45) is 0 Å². The van der Waals surface area contributed by atoms with Crippen LogP contribution in [0.1, 0.15) is 30.4 Å². The van der Waals surface area contributed by atoms with Crippen LogP contribution in [0.4, 0.5) is 5.82 Å². The number of amides is 1. The Bertz CT molecular complexity index is 865. The van der Waals surface area contributed by atoms with E-state index in [0.717, 1.165) is 11.3 Å². The molecule has 0 fully saturated rings. The van der Waals surface area contributed by atoms with Crippen molar-refractivity contribution in [2.75, 3.05) is 25.3 Å². The molecule has 0 bridgehead atoms. The van der Waals surface area contributed by atoms with E-state index in [2.05, 4.69) is 15.3 Å². The number of methoxy groups -OCH3 is 2. The lowest BCUT2D eigenvalue weighted by Crippen LogP contribution is -2.31. The third-order valence-corrected chi connectivity index (χ3v) is 4.78. The predicted molar refractivity (Wildman–Crippen MR) is 95.9 cm³/mol. The Morgan fingerprint density at radius 2 is 2.00 bits per heavy atom.